The van der Waals surface area contributed by atoms with Gasteiger partial charge in [0.15, 0.2) is 0 Å². The van der Waals surface area contributed by atoms with Crippen molar-refractivity contribution in [2.24, 2.45) is 5.92 Å². The minimum absolute atomic E-state index is 0.513. The van der Waals surface area contributed by atoms with Crippen LogP contribution in [0.5, 0.6) is 0 Å². The van der Waals surface area contributed by atoms with Crippen LogP contribution in [0.3, 0.4) is 0 Å². The van der Waals surface area contributed by atoms with Crippen molar-refractivity contribution in [1.82, 2.24) is 10.2 Å². The molecule has 0 aromatic heterocycles. The second-order valence-electron chi connectivity index (χ2n) is 5.75. The molecule has 2 heteroatoms. The molecule has 2 nitrogen and oxygen atoms in total. The van der Waals surface area contributed by atoms with Crippen LogP contribution in [0.25, 0.3) is 0 Å². The molecule has 2 rings (SSSR count). The lowest BCUT2D eigenvalue weighted by molar-refractivity contribution is 0.195. The van der Waals surface area contributed by atoms with E-state index in [4.69, 9.17) is 0 Å². The molecule has 1 saturated heterocycles. The summed E-state index contributed by atoms with van der Waals surface area (Å²) in [7, 11) is 0. The number of hydrogen-bond donors (Lipinski definition) is 1. The summed E-state index contributed by atoms with van der Waals surface area (Å²) in [6, 6.07) is 11.3. The molecule has 0 amide bonds. The van der Waals surface area contributed by atoms with E-state index >= 15 is 0 Å². The zero-order chi connectivity index (χ0) is 12.8. The van der Waals surface area contributed by atoms with Gasteiger partial charge in [-0.2, -0.15) is 0 Å². The molecule has 1 aromatic carbocycles. The van der Waals surface area contributed by atoms with Crippen molar-refractivity contribution in [2.45, 2.75) is 32.7 Å². The van der Waals surface area contributed by atoms with Crippen LogP contribution >= 0.6 is 0 Å². The van der Waals surface area contributed by atoms with Gasteiger partial charge in [0, 0.05) is 25.7 Å². The standard InChI is InChI=1S/C16H26N2/c1-14(2)7-6-11-18-12-10-17-16(13-18)15-8-4-3-5-9-15/h3-5,8-9,14,16-17H,6-7,10-13H2,1-2H3. The van der Waals surface area contributed by atoms with E-state index in [0.717, 1.165) is 19.0 Å². The molecule has 18 heavy (non-hydrogen) atoms. The Kier molecular flexibility index (Phi) is 5.21. The molecule has 1 fully saturated rings. The SMILES string of the molecule is CC(C)CCCN1CCNC(c2ccccc2)C1. The van der Waals surface area contributed by atoms with E-state index in [-0.39, 0.29) is 0 Å². The van der Waals surface area contributed by atoms with Crippen molar-refractivity contribution < 1.29 is 0 Å². The van der Waals surface area contributed by atoms with Gasteiger partial charge in [0.25, 0.3) is 0 Å². The molecule has 1 aromatic rings. The molecule has 1 atom stereocenters. The molecule has 0 spiro atoms. The third kappa shape index (κ3) is 4.11. The Morgan fingerprint density at radius 2 is 2.06 bits per heavy atom. The Hall–Kier alpha value is -0.860. The van der Waals surface area contributed by atoms with Crippen LogP contribution in [0.2, 0.25) is 0 Å². The van der Waals surface area contributed by atoms with Crippen LogP contribution in [-0.4, -0.2) is 31.1 Å². The van der Waals surface area contributed by atoms with Crippen molar-refractivity contribution in [3.8, 4) is 0 Å². The molecule has 0 radical (unpaired) electrons. The van der Waals surface area contributed by atoms with E-state index in [1.54, 1.807) is 0 Å². The summed E-state index contributed by atoms with van der Waals surface area (Å²) >= 11 is 0. The molecule has 0 bridgehead atoms. The van der Waals surface area contributed by atoms with Gasteiger partial charge in [0.05, 0.1) is 0 Å². The van der Waals surface area contributed by atoms with Gasteiger partial charge < -0.3 is 10.2 Å². The molecular formula is C16H26N2. The van der Waals surface area contributed by atoms with E-state index in [1.165, 1.54) is 31.5 Å². The molecule has 1 aliphatic rings. The number of nitrogens with zero attached hydrogens (tertiary/aromatic N) is 1. The van der Waals surface area contributed by atoms with Crippen LogP contribution in [0.1, 0.15) is 38.3 Å². The van der Waals surface area contributed by atoms with Gasteiger partial charge >= 0.3 is 0 Å². The van der Waals surface area contributed by atoms with Crippen LogP contribution in [-0.2, 0) is 0 Å². The maximum Gasteiger partial charge on any atom is 0.0449 e. The first kappa shape index (κ1) is 13.6. The van der Waals surface area contributed by atoms with Crippen molar-refractivity contribution in [2.75, 3.05) is 26.2 Å². The third-order valence-electron chi connectivity index (χ3n) is 3.72. The van der Waals surface area contributed by atoms with E-state index in [1.807, 2.05) is 0 Å². The first-order chi connectivity index (χ1) is 8.75. The quantitative estimate of drug-likeness (QED) is 0.859. The highest BCUT2D eigenvalue weighted by atomic mass is 15.2. The van der Waals surface area contributed by atoms with Gasteiger partial charge in [-0.05, 0) is 30.9 Å². The first-order valence-corrected chi connectivity index (χ1v) is 7.26. The highest BCUT2D eigenvalue weighted by molar-refractivity contribution is 5.19. The van der Waals surface area contributed by atoms with E-state index in [0.29, 0.717) is 6.04 Å². The second kappa shape index (κ2) is 6.91. The lowest BCUT2D eigenvalue weighted by Crippen LogP contribution is -2.46. The van der Waals surface area contributed by atoms with Gasteiger partial charge in [0.2, 0.25) is 0 Å². The average molecular weight is 246 g/mol. The zero-order valence-corrected chi connectivity index (χ0v) is 11.7. The molecular weight excluding hydrogens is 220 g/mol. The largest absolute Gasteiger partial charge is 0.308 e. The van der Waals surface area contributed by atoms with Crippen molar-refractivity contribution in [3.63, 3.8) is 0 Å². The smallest absolute Gasteiger partial charge is 0.0449 e. The summed E-state index contributed by atoms with van der Waals surface area (Å²) in [5.41, 5.74) is 1.42. The Labute approximate surface area is 111 Å². The minimum Gasteiger partial charge on any atom is -0.308 e. The normalized spacial score (nSPS) is 21.4. The predicted molar refractivity (Wildman–Crippen MR) is 77.7 cm³/mol. The monoisotopic (exact) mass is 246 g/mol. The van der Waals surface area contributed by atoms with Crippen LogP contribution in [0, 0.1) is 5.92 Å². The molecule has 1 N–H and O–H groups in total. The molecule has 1 aliphatic heterocycles. The molecule has 100 valence electrons. The Morgan fingerprint density at radius 3 is 2.78 bits per heavy atom. The Bertz CT molecular complexity index is 334. The lowest BCUT2D eigenvalue weighted by Gasteiger charge is -2.34. The maximum atomic E-state index is 3.62. The number of piperazine rings is 1. The molecule has 0 saturated carbocycles. The number of rotatable bonds is 5. The highest BCUT2D eigenvalue weighted by Gasteiger charge is 2.19. The number of benzene rings is 1. The van der Waals surface area contributed by atoms with Crippen molar-refractivity contribution in [3.05, 3.63) is 35.9 Å². The van der Waals surface area contributed by atoms with Gasteiger partial charge in [-0.15, -0.1) is 0 Å². The second-order valence-corrected chi connectivity index (χ2v) is 5.75. The van der Waals surface area contributed by atoms with Gasteiger partial charge in [-0.25, -0.2) is 0 Å². The van der Waals surface area contributed by atoms with Crippen LogP contribution in [0.15, 0.2) is 30.3 Å². The third-order valence-corrected chi connectivity index (χ3v) is 3.72. The van der Waals surface area contributed by atoms with Crippen molar-refractivity contribution in [1.29, 1.82) is 0 Å². The number of nitrogens with one attached hydrogen (secondary N) is 1. The summed E-state index contributed by atoms with van der Waals surface area (Å²) in [5.74, 6) is 0.831. The van der Waals surface area contributed by atoms with Crippen molar-refractivity contribution >= 4 is 0 Å². The summed E-state index contributed by atoms with van der Waals surface area (Å²) < 4.78 is 0. The fourth-order valence-electron chi connectivity index (χ4n) is 2.65. The molecule has 1 unspecified atom stereocenters. The Balaban J connectivity index is 1.81. The summed E-state index contributed by atoms with van der Waals surface area (Å²) in [5, 5.41) is 3.62. The van der Waals surface area contributed by atoms with E-state index < -0.39 is 0 Å². The lowest BCUT2D eigenvalue weighted by atomic mass is 10.0. The average Bonchev–Trinajstić information content (AvgIpc) is 2.40. The zero-order valence-electron chi connectivity index (χ0n) is 11.7. The fraction of sp³-hybridized carbons (Fsp3) is 0.625. The molecule has 1 heterocycles. The predicted octanol–water partition coefficient (Wildman–Crippen LogP) is 3.07. The van der Waals surface area contributed by atoms with E-state index in [9.17, 15) is 0 Å². The highest BCUT2D eigenvalue weighted by Crippen LogP contribution is 2.17. The summed E-state index contributed by atoms with van der Waals surface area (Å²) in [6.45, 7) is 9.34. The summed E-state index contributed by atoms with van der Waals surface area (Å²) in [6.07, 6.45) is 2.68. The van der Waals surface area contributed by atoms with Crippen LogP contribution < -0.4 is 5.32 Å². The van der Waals surface area contributed by atoms with Gasteiger partial charge in [-0.3, -0.25) is 0 Å². The van der Waals surface area contributed by atoms with Gasteiger partial charge in [-0.1, -0.05) is 44.2 Å². The number of hydrogen-bond acceptors (Lipinski definition) is 2. The fourth-order valence-corrected chi connectivity index (χ4v) is 2.65. The van der Waals surface area contributed by atoms with Gasteiger partial charge in [0.1, 0.15) is 0 Å². The summed E-state index contributed by atoms with van der Waals surface area (Å²) in [4.78, 5) is 2.61. The molecule has 0 aliphatic carbocycles. The topological polar surface area (TPSA) is 15.3 Å². The van der Waals surface area contributed by atoms with E-state index in [2.05, 4.69) is 54.4 Å². The Morgan fingerprint density at radius 1 is 1.28 bits per heavy atom. The first-order valence-electron chi connectivity index (χ1n) is 7.26. The van der Waals surface area contributed by atoms with Crippen LogP contribution in [0.4, 0.5) is 0 Å². The minimum atomic E-state index is 0.513. The maximum absolute atomic E-state index is 3.62.